The first-order chi connectivity index (χ1) is 12.3. The maximum Gasteiger partial charge on any atom is 0.319 e. The molecule has 132 valence electrons. The second-order valence-corrected chi connectivity index (χ2v) is 5.53. The van der Waals surface area contributed by atoms with Gasteiger partial charge in [0, 0.05) is 49.9 Å². The molecular weight excluding hydrogens is 320 g/mol. The molecule has 8 nitrogen and oxygen atoms in total. The van der Waals surface area contributed by atoms with Gasteiger partial charge in [-0.05, 0) is 24.3 Å². The SMILES string of the molecule is O=C(NCCNc1ncccn1)Nc1cccc(N2CCOCC2)c1. The summed E-state index contributed by atoms with van der Waals surface area (Å²) in [5.41, 5.74) is 1.85. The van der Waals surface area contributed by atoms with Crippen LogP contribution < -0.4 is 20.9 Å². The maximum atomic E-state index is 12.0. The fourth-order valence-corrected chi connectivity index (χ4v) is 2.52. The first-order valence-electron chi connectivity index (χ1n) is 8.30. The number of aromatic nitrogens is 2. The van der Waals surface area contributed by atoms with Crippen molar-refractivity contribution in [3.8, 4) is 0 Å². The van der Waals surface area contributed by atoms with Gasteiger partial charge in [-0.2, -0.15) is 0 Å². The zero-order valence-corrected chi connectivity index (χ0v) is 13.9. The highest BCUT2D eigenvalue weighted by atomic mass is 16.5. The van der Waals surface area contributed by atoms with Gasteiger partial charge in [-0.1, -0.05) is 6.07 Å². The topological polar surface area (TPSA) is 91.4 Å². The van der Waals surface area contributed by atoms with Gasteiger partial charge in [-0.15, -0.1) is 0 Å². The number of hydrogen-bond donors (Lipinski definition) is 3. The van der Waals surface area contributed by atoms with Crippen LogP contribution in [0, 0.1) is 0 Å². The van der Waals surface area contributed by atoms with Gasteiger partial charge in [-0.3, -0.25) is 0 Å². The Kier molecular flexibility index (Phi) is 6.00. The molecule has 1 aliphatic heterocycles. The van der Waals surface area contributed by atoms with E-state index in [1.165, 1.54) is 0 Å². The average molecular weight is 342 g/mol. The lowest BCUT2D eigenvalue weighted by Gasteiger charge is -2.29. The zero-order valence-electron chi connectivity index (χ0n) is 13.9. The number of morpholine rings is 1. The predicted octanol–water partition coefficient (Wildman–Crippen LogP) is 1.55. The summed E-state index contributed by atoms with van der Waals surface area (Å²) in [6.07, 6.45) is 3.33. The van der Waals surface area contributed by atoms with Crippen LogP contribution in [-0.4, -0.2) is 55.4 Å². The minimum atomic E-state index is -0.241. The number of nitrogens with one attached hydrogen (secondary N) is 3. The molecule has 8 heteroatoms. The summed E-state index contributed by atoms with van der Waals surface area (Å²) in [7, 11) is 0. The van der Waals surface area contributed by atoms with Crippen LogP contribution in [0.5, 0.6) is 0 Å². The van der Waals surface area contributed by atoms with Gasteiger partial charge in [-0.25, -0.2) is 14.8 Å². The lowest BCUT2D eigenvalue weighted by atomic mass is 10.2. The third-order valence-corrected chi connectivity index (χ3v) is 3.74. The summed E-state index contributed by atoms with van der Waals surface area (Å²) < 4.78 is 5.37. The molecule has 1 aromatic heterocycles. The van der Waals surface area contributed by atoms with Gasteiger partial charge < -0.3 is 25.6 Å². The Morgan fingerprint density at radius 1 is 1.12 bits per heavy atom. The van der Waals surface area contributed by atoms with E-state index in [1.54, 1.807) is 18.5 Å². The number of rotatable bonds is 6. The van der Waals surface area contributed by atoms with E-state index in [9.17, 15) is 4.79 Å². The Balaban J connectivity index is 1.43. The Morgan fingerprint density at radius 2 is 1.92 bits per heavy atom. The lowest BCUT2D eigenvalue weighted by molar-refractivity contribution is 0.122. The molecular formula is C17H22N6O2. The van der Waals surface area contributed by atoms with Crippen molar-refractivity contribution in [3.63, 3.8) is 0 Å². The van der Waals surface area contributed by atoms with Gasteiger partial charge in [0.05, 0.1) is 13.2 Å². The summed E-state index contributed by atoms with van der Waals surface area (Å²) in [6.45, 7) is 4.21. The van der Waals surface area contributed by atoms with Crippen LogP contribution in [0.3, 0.4) is 0 Å². The molecule has 0 aliphatic carbocycles. The van der Waals surface area contributed by atoms with E-state index >= 15 is 0 Å². The molecule has 2 amide bonds. The quantitative estimate of drug-likeness (QED) is 0.690. The second kappa shape index (κ2) is 8.84. The highest BCUT2D eigenvalue weighted by Gasteiger charge is 2.11. The minimum absolute atomic E-state index is 0.241. The molecule has 25 heavy (non-hydrogen) atoms. The predicted molar refractivity (Wildman–Crippen MR) is 97.0 cm³/mol. The van der Waals surface area contributed by atoms with Crippen molar-refractivity contribution in [1.82, 2.24) is 15.3 Å². The third-order valence-electron chi connectivity index (χ3n) is 3.74. The van der Waals surface area contributed by atoms with E-state index in [4.69, 9.17) is 4.74 Å². The first kappa shape index (κ1) is 17.0. The van der Waals surface area contributed by atoms with Gasteiger partial charge in [0.15, 0.2) is 0 Å². The summed E-state index contributed by atoms with van der Waals surface area (Å²) >= 11 is 0. The van der Waals surface area contributed by atoms with Gasteiger partial charge in [0.2, 0.25) is 5.95 Å². The van der Waals surface area contributed by atoms with E-state index in [0.29, 0.717) is 19.0 Å². The van der Waals surface area contributed by atoms with E-state index in [0.717, 1.165) is 37.7 Å². The Bertz CT molecular complexity index is 676. The van der Waals surface area contributed by atoms with Crippen molar-refractivity contribution < 1.29 is 9.53 Å². The van der Waals surface area contributed by atoms with E-state index < -0.39 is 0 Å². The molecule has 0 saturated carbocycles. The van der Waals surface area contributed by atoms with Gasteiger partial charge in [0.1, 0.15) is 0 Å². The minimum Gasteiger partial charge on any atom is -0.378 e. The van der Waals surface area contributed by atoms with Crippen LogP contribution in [0.15, 0.2) is 42.7 Å². The summed E-state index contributed by atoms with van der Waals surface area (Å²) in [6, 6.07) is 9.34. The maximum absolute atomic E-state index is 12.0. The summed E-state index contributed by atoms with van der Waals surface area (Å²) in [5.74, 6) is 0.544. The van der Waals surface area contributed by atoms with Crippen LogP contribution in [0.25, 0.3) is 0 Å². The first-order valence-corrected chi connectivity index (χ1v) is 8.30. The molecule has 0 radical (unpaired) electrons. The number of nitrogens with zero attached hydrogens (tertiary/aromatic N) is 3. The zero-order chi connectivity index (χ0) is 17.3. The van der Waals surface area contributed by atoms with Crippen molar-refractivity contribution in [1.29, 1.82) is 0 Å². The molecule has 0 bridgehead atoms. The molecule has 0 unspecified atom stereocenters. The second-order valence-electron chi connectivity index (χ2n) is 5.53. The molecule has 2 heterocycles. The van der Waals surface area contributed by atoms with E-state index in [-0.39, 0.29) is 6.03 Å². The van der Waals surface area contributed by atoms with Gasteiger partial charge >= 0.3 is 6.03 Å². The van der Waals surface area contributed by atoms with Crippen LogP contribution in [0.4, 0.5) is 22.1 Å². The number of urea groups is 1. The van der Waals surface area contributed by atoms with Gasteiger partial charge in [0.25, 0.3) is 0 Å². The van der Waals surface area contributed by atoms with Crippen LogP contribution >= 0.6 is 0 Å². The van der Waals surface area contributed by atoms with Crippen LogP contribution in [-0.2, 0) is 4.74 Å². The van der Waals surface area contributed by atoms with Crippen molar-refractivity contribution in [3.05, 3.63) is 42.7 Å². The Morgan fingerprint density at radius 3 is 2.72 bits per heavy atom. The number of amides is 2. The largest absolute Gasteiger partial charge is 0.378 e. The van der Waals surface area contributed by atoms with E-state index in [2.05, 4.69) is 30.8 Å². The normalized spacial score (nSPS) is 14.0. The van der Waals surface area contributed by atoms with Crippen molar-refractivity contribution in [2.45, 2.75) is 0 Å². The fourth-order valence-electron chi connectivity index (χ4n) is 2.52. The molecule has 2 aromatic rings. The molecule has 3 rings (SSSR count). The smallest absolute Gasteiger partial charge is 0.319 e. The Hall–Kier alpha value is -2.87. The van der Waals surface area contributed by atoms with Crippen LogP contribution in [0.1, 0.15) is 0 Å². The molecule has 0 spiro atoms. The third kappa shape index (κ3) is 5.32. The van der Waals surface area contributed by atoms with Crippen molar-refractivity contribution in [2.75, 3.05) is 54.9 Å². The summed E-state index contributed by atoms with van der Waals surface area (Å²) in [5, 5.41) is 8.68. The highest BCUT2D eigenvalue weighted by Crippen LogP contribution is 2.20. The number of hydrogen-bond acceptors (Lipinski definition) is 6. The number of anilines is 3. The lowest BCUT2D eigenvalue weighted by Crippen LogP contribution is -2.36. The van der Waals surface area contributed by atoms with Crippen molar-refractivity contribution in [2.24, 2.45) is 0 Å². The Labute approximate surface area is 146 Å². The molecule has 1 aromatic carbocycles. The number of ether oxygens (including phenoxy) is 1. The molecule has 0 atom stereocenters. The summed E-state index contributed by atoms with van der Waals surface area (Å²) in [4.78, 5) is 22.3. The number of benzene rings is 1. The molecule has 1 fully saturated rings. The molecule has 3 N–H and O–H groups in total. The molecule has 1 saturated heterocycles. The standard InChI is InChI=1S/C17H22N6O2/c24-17(21-8-7-20-16-18-5-2-6-19-16)22-14-3-1-4-15(13-14)23-9-11-25-12-10-23/h1-6,13H,7-12H2,(H,18,19,20)(H2,21,22,24). The van der Waals surface area contributed by atoms with Crippen LogP contribution in [0.2, 0.25) is 0 Å². The van der Waals surface area contributed by atoms with Crippen molar-refractivity contribution >= 4 is 23.4 Å². The monoisotopic (exact) mass is 342 g/mol. The number of carbonyl (C=O) groups is 1. The number of carbonyl (C=O) groups excluding carboxylic acids is 1. The average Bonchev–Trinajstić information content (AvgIpc) is 2.67. The fraction of sp³-hybridized carbons (Fsp3) is 0.353. The molecule has 1 aliphatic rings. The highest BCUT2D eigenvalue weighted by molar-refractivity contribution is 5.89. The van der Waals surface area contributed by atoms with E-state index in [1.807, 2.05) is 24.3 Å².